The lowest BCUT2D eigenvalue weighted by Gasteiger charge is -2.11. The molecule has 1 unspecified atom stereocenters. The fourth-order valence-corrected chi connectivity index (χ4v) is 1.81. The summed E-state index contributed by atoms with van der Waals surface area (Å²) in [7, 11) is 0. The first-order valence-electron chi connectivity index (χ1n) is 6.54. The minimum absolute atomic E-state index is 0.119. The minimum Gasteiger partial charge on any atom is -0.409 e. The van der Waals surface area contributed by atoms with E-state index < -0.39 is 0 Å². The molecule has 106 valence electrons. The lowest BCUT2D eigenvalue weighted by molar-refractivity contribution is 0.159. The highest BCUT2D eigenvalue weighted by molar-refractivity contribution is 5.97. The lowest BCUT2D eigenvalue weighted by Crippen LogP contribution is -2.20. The van der Waals surface area contributed by atoms with Crippen molar-refractivity contribution in [3.8, 4) is 0 Å². The quantitative estimate of drug-likeness (QED) is 0.197. The van der Waals surface area contributed by atoms with Crippen LogP contribution in [0.4, 0.5) is 0 Å². The van der Waals surface area contributed by atoms with Gasteiger partial charge in [-0.2, -0.15) is 0 Å². The number of aliphatic hydroxyl groups is 1. The molecule has 0 spiro atoms. The van der Waals surface area contributed by atoms with Crippen LogP contribution in [0.5, 0.6) is 0 Å². The molecule has 0 fully saturated rings. The van der Waals surface area contributed by atoms with Crippen molar-refractivity contribution in [2.75, 3.05) is 6.54 Å². The monoisotopic (exact) mass is 265 g/mol. The van der Waals surface area contributed by atoms with E-state index in [0.717, 1.165) is 31.5 Å². The third-order valence-corrected chi connectivity index (χ3v) is 3.19. The number of nitrogens with zero attached hydrogens (tertiary/aromatic N) is 1. The highest BCUT2D eigenvalue weighted by Crippen LogP contribution is 2.11. The van der Waals surface area contributed by atoms with Gasteiger partial charge >= 0.3 is 0 Å². The van der Waals surface area contributed by atoms with Gasteiger partial charge in [0.1, 0.15) is 0 Å². The van der Waals surface area contributed by atoms with Crippen molar-refractivity contribution in [3.63, 3.8) is 0 Å². The maximum Gasteiger partial charge on any atom is 0.170 e. The maximum absolute atomic E-state index is 9.44. The predicted octanol–water partition coefficient (Wildman–Crippen LogP) is 1.34. The Morgan fingerprint density at radius 1 is 1.47 bits per heavy atom. The topological polar surface area (TPSA) is 90.9 Å². The summed E-state index contributed by atoms with van der Waals surface area (Å²) in [5, 5.41) is 24.4. The fraction of sp³-hybridized carbons (Fsp3) is 0.500. The molecule has 1 rings (SSSR count). The molecule has 0 bridgehead atoms. The summed E-state index contributed by atoms with van der Waals surface area (Å²) in [4.78, 5) is 0. The molecule has 1 aromatic carbocycles. The second-order valence-electron chi connectivity index (χ2n) is 4.65. The summed E-state index contributed by atoms with van der Waals surface area (Å²) in [6.07, 6.45) is 1.32. The van der Waals surface area contributed by atoms with Gasteiger partial charge in [-0.3, -0.25) is 0 Å². The van der Waals surface area contributed by atoms with Crippen LogP contribution in [-0.4, -0.2) is 28.8 Å². The van der Waals surface area contributed by atoms with Crippen molar-refractivity contribution >= 4 is 5.84 Å². The molecule has 5 heteroatoms. The van der Waals surface area contributed by atoms with Gasteiger partial charge in [0.05, 0.1) is 6.10 Å². The smallest absolute Gasteiger partial charge is 0.170 e. The van der Waals surface area contributed by atoms with Crippen molar-refractivity contribution in [1.29, 1.82) is 0 Å². The van der Waals surface area contributed by atoms with Crippen molar-refractivity contribution in [2.24, 2.45) is 10.9 Å². The van der Waals surface area contributed by atoms with Gasteiger partial charge in [-0.25, -0.2) is 0 Å². The van der Waals surface area contributed by atoms with Crippen LogP contribution in [0.3, 0.4) is 0 Å². The summed E-state index contributed by atoms with van der Waals surface area (Å²) < 4.78 is 0. The molecule has 0 aliphatic rings. The second-order valence-corrected chi connectivity index (χ2v) is 4.65. The summed E-state index contributed by atoms with van der Waals surface area (Å²) >= 11 is 0. The second kappa shape index (κ2) is 7.76. The number of rotatable bonds is 7. The summed E-state index contributed by atoms with van der Waals surface area (Å²) in [6, 6.07) is 5.69. The van der Waals surface area contributed by atoms with Crippen LogP contribution >= 0.6 is 0 Å². The van der Waals surface area contributed by atoms with Crippen LogP contribution in [0.2, 0.25) is 0 Å². The van der Waals surface area contributed by atoms with Gasteiger partial charge in [0, 0.05) is 12.1 Å². The Kier molecular flexibility index (Phi) is 6.32. The molecular formula is C14H23N3O2. The number of hydrogen-bond donors (Lipinski definition) is 4. The molecule has 0 aliphatic carbocycles. The zero-order valence-corrected chi connectivity index (χ0v) is 11.6. The maximum atomic E-state index is 9.44. The average Bonchev–Trinajstić information content (AvgIpc) is 2.43. The Morgan fingerprint density at radius 2 is 2.21 bits per heavy atom. The predicted molar refractivity (Wildman–Crippen MR) is 76.3 cm³/mol. The summed E-state index contributed by atoms with van der Waals surface area (Å²) in [6.45, 7) is 5.50. The number of oxime groups is 1. The van der Waals surface area contributed by atoms with Crippen LogP contribution in [-0.2, 0) is 6.54 Å². The van der Waals surface area contributed by atoms with E-state index in [-0.39, 0.29) is 11.9 Å². The zero-order chi connectivity index (χ0) is 14.3. The summed E-state index contributed by atoms with van der Waals surface area (Å²) in [5.74, 6) is 0.119. The van der Waals surface area contributed by atoms with Crippen molar-refractivity contribution in [2.45, 2.75) is 39.3 Å². The molecule has 0 aromatic heterocycles. The minimum atomic E-state index is -0.225. The standard InChI is InChI=1S/C14H23N3O2/c1-3-13(18)6-7-16-9-12-5-4-11(8-10(12)2)14(15)17-19/h4-5,8,13,16,18-19H,3,6-7,9H2,1-2H3,(H2,15,17). The summed E-state index contributed by atoms with van der Waals surface area (Å²) in [5.41, 5.74) is 8.51. The molecule has 0 saturated carbocycles. The number of aliphatic hydroxyl groups excluding tert-OH is 1. The van der Waals surface area contributed by atoms with Gasteiger partial charge in [0.2, 0.25) is 0 Å². The third kappa shape index (κ3) is 4.89. The van der Waals surface area contributed by atoms with Crippen LogP contribution < -0.4 is 11.1 Å². The van der Waals surface area contributed by atoms with Gasteiger partial charge < -0.3 is 21.4 Å². The Balaban J connectivity index is 2.51. The number of hydrogen-bond acceptors (Lipinski definition) is 4. The molecular weight excluding hydrogens is 242 g/mol. The molecule has 0 aliphatic heterocycles. The van der Waals surface area contributed by atoms with E-state index in [1.165, 1.54) is 5.56 Å². The van der Waals surface area contributed by atoms with Crippen LogP contribution in [0.25, 0.3) is 0 Å². The Labute approximate surface area is 114 Å². The molecule has 1 atom stereocenters. The normalized spacial score (nSPS) is 13.5. The van der Waals surface area contributed by atoms with E-state index in [2.05, 4.69) is 10.5 Å². The SMILES string of the molecule is CCC(O)CCNCc1ccc(/C(N)=N/O)cc1C. The molecule has 19 heavy (non-hydrogen) atoms. The number of nitrogens with one attached hydrogen (secondary N) is 1. The molecule has 5 nitrogen and oxygen atoms in total. The molecule has 0 heterocycles. The number of nitrogens with two attached hydrogens (primary N) is 1. The fourth-order valence-electron chi connectivity index (χ4n) is 1.81. The number of amidine groups is 1. The average molecular weight is 265 g/mol. The van der Waals surface area contributed by atoms with Gasteiger partial charge in [-0.05, 0) is 43.5 Å². The Morgan fingerprint density at radius 3 is 2.79 bits per heavy atom. The first kappa shape index (κ1) is 15.5. The first-order valence-corrected chi connectivity index (χ1v) is 6.54. The van der Waals surface area contributed by atoms with Gasteiger partial charge in [-0.1, -0.05) is 24.2 Å². The van der Waals surface area contributed by atoms with E-state index in [1.54, 1.807) is 0 Å². The van der Waals surface area contributed by atoms with E-state index in [1.807, 2.05) is 32.0 Å². The number of aryl methyl sites for hydroxylation is 1. The Hall–Kier alpha value is -1.59. The highest BCUT2D eigenvalue weighted by Gasteiger charge is 2.04. The van der Waals surface area contributed by atoms with Crippen molar-refractivity contribution < 1.29 is 10.3 Å². The van der Waals surface area contributed by atoms with Crippen molar-refractivity contribution in [3.05, 3.63) is 34.9 Å². The Bertz CT molecular complexity index is 433. The van der Waals surface area contributed by atoms with Crippen molar-refractivity contribution in [1.82, 2.24) is 5.32 Å². The van der Waals surface area contributed by atoms with E-state index in [9.17, 15) is 5.11 Å². The molecule has 0 amide bonds. The highest BCUT2D eigenvalue weighted by atomic mass is 16.4. The lowest BCUT2D eigenvalue weighted by atomic mass is 10.0. The largest absolute Gasteiger partial charge is 0.409 e. The molecule has 5 N–H and O–H groups in total. The number of benzene rings is 1. The van der Waals surface area contributed by atoms with Crippen LogP contribution in [0.15, 0.2) is 23.4 Å². The van der Waals surface area contributed by atoms with Gasteiger partial charge in [-0.15, -0.1) is 0 Å². The van der Waals surface area contributed by atoms with E-state index >= 15 is 0 Å². The third-order valence-electron chi connectivity index (χ3n) is 3.19. The van der Waals surface area contributed by atoms with E-state index in [4.69, 9.17) is 10.9 Å². The molecule has 0 radical (unpaired) electrons. The zero-order valence-electron chi connectivity index (χ0n) is 11.6. The first-order chi connectivity index (χ1) is 9.08. The molecule has 1 aromatic rings. The van der Waals surface area contributed by atoms with Gasteiger partial charge in [0.15, 0.2) is 5.84 Å². The van der Waals surface area contributed by atoms with E-state index in [0.29, 0.717) is 5.56 Å². The molecule has 0 saturated heterocycles. The van der Waals surface area contributed by atoms with Crippen LogP contribution in [0, 0.1) is 6.92 Å². The van der Waals surface area contributed by atoms with Crippen LogP contribution in [0.1, 0.15) is 36.5 Å². The van der Waals surface area contributed by atoms with Gasteiger partial charge in [0.25, 0.3) is 0 Å².